The van der Waals surface area contributed by atoms with Crippen molar-refractivity contribution in [1.29, 1.82) is 0 Å². The Hall–Kier alpha value is -2.20. The number of nitrogen functional groups attached to an aromatic ring is 1. The molecule has 104 valence electrons. The lowest BCUT2D eigenvalue weighted by Gasteiger charge is -2.25. The van der Waals surface area contributed by atoms with Crippen LogP contribution in [0.1, 0.15) is 5.56 Å². The maximum absolute atomic E-state index is 6.09. The molecule has 2 N–H and O–H groups in total. The van der Waals surface area contributed by atoms with Crippen LogP contribution in [0.3, 0.4) is 0 Å². The molecular weight excluding hydrogens is 248 g/mol. The predicted octanol–water partition coefficient (Wildman–Crippen LogP) is 4.19. The summed E-state index contributed by atoms with van der Waals surface area (Å²) >= 11 is 0. The Bertz CT molecular complexity index is 625. The Labute approximate surface area is 120 Å². The van der Waals surface area contributed by atoms with Gasteiger partial charge in [-0.2, -0.15) is 5.11 Å². The van der Waals surface area contributed by atoms with Gasteiger partial charge in [-0.15, -0.1) is 5.11 Å². The van der Waals surface area contributed by atoms with Crippen LogP contribution in [0, 0.1) is 6.92 Å². The fraction of sp³-hybridized carbons (Fsp3) is 0.250. The topological polar surface area (TPSA) is 50.7 Å². The zero-order valence-corrected chi connectivity index (χ0v) is 12.5. The van der Waals surface area contributed by atoms with Crippen LogP contribution in [-0.4, -0.2) is 21.1 Å². The molecule has 0 radical (unpaired) electrons. The van der Waals surface area contributed by atoms with Gasteiger partial charge in [-0.1, -0.05) is 18.2 Å². The van der Waals surface area contributed by atoms with Gasteiger partial charge in [0, 0.05) is 11.6 Å². The first kappa shape index (κ1) is 14.2. The van der Waals surface area contributed by atoms with E-state index in [1.165, 1.54) is 5.69 Å². The number of anilines is 1. The van der Waals surface area contributed by atoms with Crippen LogP contribution in [0.15, 0.2) is 52.7 Å². The van der Waals surface area contributed by atoms with Crippen molar-refractivity contribution in [1.82, 2.24) is 4.48 Å². The second-order valence-electron chi connectivity index (χ2n) is 5.75. The molecule has 0 fully saturated rings. The number of nitrogens with zero attached hydrogens (tertiary/aromatic N) is 3. The van der Waals surface area contributed by atoms with Crippen molar-refractivity contribution in [2.75, 3.05) is 26.9 Å². The van der Waals surface area contributed by atoms with Gasteiger partial charge < -0.3 is 5.73 Å². The Morgan fingerprint density at radius 2 is 1.60 bits per heavy atom. The van der Waals surface area contributed by atoms with E-state index in [-0.39, 0.29) is 0 Å². The van der Waals surface area contributed by atoms with E-state index < -0.39 is 0 Å². The molecule has 4 nitrogen and oxygen atoms in total. The van der Waals surface area contributed by atoms with Crippen LogP contribution in [-0.2, 0) is 0 Å². The zero-order chi connectivity index (χ0) is 14.8. The standard InChI is InChI=1S/C16H21N4/c1-12-10-15(14(17)11-16(12)20(2,3)4)19-18-13-8-6-5-7-9-13/h5-11H,17H2,1-4H3/q+1. The van der Waals surface area contributed by atoms with Crippen molar-refractivity contribution in [2.45, 2.75) is 6.92 Å². The lowest BCUT2D eigenvalue weighted by molar-refractivity contribution is 0.484. The number of aryl methyl sites for hydroxylation is 1. The third-order valence-electron chi connectivity index (χ3n) is 3.10. The summed E-state index contributed by atoms with van der Waals surface area (Å²) in [6, 6.07) is 13.6. The molecule has 0 aromatic heterocycles. The smallest absolute Gasteiger partial charge is 0.137 e. The number of hydrogen-bond acceptors (Lipinski definition) is 3. The highest BCUT2D eigenvalue weighted by molar-refractivity contribution is 5.71. The first-order valence-electron chi connectivity index (χ1n) is 6.57. The fourth-order valence-electron chi connectivity index (χ4n) is 2.11. The predicted molar refractivity (Wildman–Crippen MR) is 85.8 cm³/mol. The summed E-state index contributed by atoms with van der Waals surface area (Å²) in [6.45, 7) is 2.07. The SMILES string of the molecule is Cc1cc(N=Nc2ccccc2)c(N)cc1[N+](C)(C)C. The van der Waals surface area contributed by atoms with Crippen molar-refractivity contribution in [3.8, 4) is 0 Å². The minimum absolute atomic E-state index is 0.651. The summed E-state index contributed by atoms with van der Waals surface area (Å²) in [5, 5.41) is 8.46. The molecule has 2 aromatic rings. The van der Waals surface area contributed by atoms with Gasteiger partial charge in [-0.25, -0.2) is 0 Å². The monoisotopic (exact) mass is 269 g/mol. The first-order valence-corrected chi connectivity index (χ1v) is 6.57. The number of hydrogen-bond donors (Lipinski definition) is 1. The number of quaternary nitrogens is 1. The maximum Gasteiger partial charge on any atom is 0.137 e. The lowest BCUT2D eigenvalue weighted by Crippen LogP contribution is -2.35. The highest BCUT2D eigenvalue weighted by atomic mass is 15.3. The first-order chi connectivity index (χ1) is 9.38. The van der Waals surface area contributed by atoms with E-state index in [1.54, 1.807) is 0 Å². The summed E-state index contributed by atoms with van der Waals surface area (Å²) in [7, 11) is 6.35. The Morgan fingerprint density at radius 1 is 0.950 bits per heavy atom. The van der Waals surface area contributed by atoms with Gasteiger partial charge in [0.1, 0.15) is 11.4 Å². The van der Waals surface area contributed by atoms with E-state index in [1.807, 2.05) is 42.5 Å². The molecule has 0 bridgehead atoms. The van der Waals surface area contributed by atoms with Crippen molar-refractivity contribution in [3.05, 3.63) is 48.0 Å². The summed E-state index contributed by atoms with van der Waals surface area (Å²) in [6.07, 6.45) is 0. The normalized spacial score (nSPS) is 12.0. The molecule has 0 aliphatic heterocycles. The van der Waals surface area contributed by atoms with E-state index in [0.717, 1.165) is 15.7 Å². The molecule has 4 heteroatoms. The molecule has 0 saturated carbocycles. The molecule has 0 saturated heterocycles. The minimum atomic E-state index is 0.651. The fourth-order valence-corrected chi connectivity index (χ4v) is 2.11. The number of azo groups is 1. The van der Waals surface area contributed by atoms with Crippen LogP contribution in [0.4, 0.5) is 22.7 Å². The minimum Gasteiger partial charge on any atom is -0.397 e. The van der Waals surface area contributed by atoms with Crippen LogP contribution in [0.25, 0.3) is 0 Å². The largest absolute Gasteiger partial charge is 0.397 e. The summed E-state index contributed by atoms with van der Waals surface area (Å²) in [4.78, 5) is 0. The van der Waals surface area contributed by atoms with Gasteiger partial charge in [-0.3, -0.25) is 4.48 Å². The number of benzene rings is 2. The molecule has 2 aromatic carbocycles. The van der Waals surface area contributed by atoms with Crippen molar-refractivity contribution >= 4 is 22.7 Å². The number of rotatable bonds is 3. The Morgan fingerprint density at radius 3 is 2.20 bits per heavy atom. The molecule has 0 atom stereocenters. The molecule has 0 heterocycles. The molecule has 2 rings (SSSR count). The molecule has 0 spiro atoms. The van der Waals surface area contributed by atoms with E-state index >= 15 is 0 Å². The molecule has 0 aliphatic rings. The van der Waals surface area contributed by atoms with Crippen LogP contribution < -0.4 is 10.2 Å². The van der Waals surface area contributed by atoms with Crippen molar-refractivity contribution in [3.63, 3.8) is 0 Å². The zero-order valence-electron chi connectivity index (χ0n) is 12.5. The van der Waals surface area contributed by atoms with Crippen molar-refractivity contribution < 1.29 is 0 Å². The lowest BCUT2D eigenvalue weighted by atomic mass is 10.1. The van der Waals surface area contributed by atoms with Gasteiger partial charge in [0.15, 0.2) is 0 Å². The molecule has 20 heavy (non-hydrogen) atoms. The second kappa shape index (κ2) is 5.43. The summed E-state index contributed by atoms with van der Waals surface area (Å²) < 4.78 is 0.728. The quantitative estimate of drug-likeness (QED) is 0.507. The third-order valence-corrected chi connectivity index (χ3v) is 3.10. The van der Waals surface area contributed by atoms with Gasteiger partial charge in [0.05, 0.1) is 32.5 Å². The number of nitrogens with two attached hydrogens (primary N) is 1. The Kier molecular flexibility index (Phi) is 3.86. The molecular formula is C16H21N4+. The summed E-state index contributed by atoms with van der Waals surface area (Å²) in [5.74, 6) is 0. The van der Waals surface area contributed by atoms with Crippen LogP contribution in [0.5, 0.6) is 0 Å². The second-order valence-corrected chi connectivity index (χ2v) is 5.75. The third kappa shape index (κ3) is 3.22. The van der Waals surface area contributed by atoms with Gasteiger partial charge in [0.2, 0.25) is 0 Å². The van der Waals surface area contributed by atoms with E-state index in [9.17, 15) is 0 Å². The highest BCUT2D eigenvalue weighted by Crippen LogP contribution is 2.33. The van der Waals surface area contributed by atoms with E-state index in [4.69, 9.17) is 5.73 Å². The highest BCUT2D eigenvalue weighted by Gasteiger charge is 2.17. The van der Waals surface area contributed by atoms with Gasteiger partial charge in [0.25, 0.3) is 0 Å². The molecule has 0 unspecified atom stereocenters. The van der Waals surface area contributed by atoms with Crippen LogP contribution in [0.2, 0.25) is 0 Å². The average molecular weight is 269 g/mol. The van der Waals surface area contributed by atoms with Gasteiger partial charge in [-0.05, 0) is 25.1 Å². The van der Waals surface area contributed by atoms with Crippen LogP contribution >= 0.6 is 0 Å². The average Bonchev–Trinajstić information content (AvgIpc) is 2.39. The van der Waals surface area contributed by atoms with Crippen molar-refractivity contribution in [2.24, 2.45) is 10.2 Å². The summed E-state index contributed by atoms with van der Waals surface area (Å²) in [5.41, 5.74) is 10.6. The van der Waals surface area contributed by atoms with E-state index in [0.29, 0.717) is 11.4 Å². The molecule has 0 amide bonds. The maximum atomic E-state index is 6.09. The van der Waals surface area contributed by atoms with E-state index in [2.05, 4.69) is 38.3 Å². The molecule has 0 aliphatic carbocycles. The Balaban J connectivity index is 2.35. The van der Waals surface area contributed by atoms with Gasteiger partial charge >= 0.3 is 0 Å².